The number of ether oxygens (including phenoxy) is 1. The summed E-state index contributed by atoms with van der Waals surface area (Å²) < 4.78 is 4.54. The van der Waals surface area contributed by atoms with Crippen LogP contribution >= 0.6 is 0 Å². The van der Waals surface area contributed by atoms with Gasteiger partial charge < -0.3 is 10.1 Å². The van der Waals surface area contributed by atoms with Crippen LogP contribution in [0, 0.1) is 0 Å². The third-order valence-corrected chi connectivity index (χ3v) is 3.75. The first-order valence-corrected chi connectivity index (χ1v) is 8.70. The summed E-state index contributed by atoms with van der Waals surface area (Å²) >= 11 is 0. The fourth-order valence-corrected chi connectivity index (χ4v) is 2.40. The maximum absolute atomic E-state index is 10.8. The van der Waals surface area contributed by atoms with Crippen LogP contribution in [0.2, 0.25) is 0 Å². The fraction of sp³-hybridized carbons (Fsp3) is 0.833. The highest BCUT2D eigenvalue weighted by Gasteiger charge is 1.94. The van der Waals surface area contributed by atoms with Gasteiger partial charge in [-0.1, -0.05) is 63.9 Å². The monoisotopic (exact) mass is 297 g/mol. The van der Waals surface area contributed by atoms with Crippen molar-refractivity contribution in [3.8, 4) is 0 Å². The molecule has 0 aliphatic heterocycles. The molecule has 1 N–H and O–H groups in total. The van der Waals surface area contributed by atoms with E-state index in [1.807, 2.05) is 13.1 Å². The highest BCUT2D eigenvalue weighted by atomic mass is 16.5. The molecular formula is C18H35NO2. The summed E-state index contributed by atoms with van der Waals surface area (Å²) in [5.74, 6) is -0.249. The largest absolute Gasteiger partial charge is 0.466 e. The van der Waals surface area contributed by atoms with E-state index in [-0.39, 0.29) is 5.97 Å². The van der Waals surface area contributed by atoms with Crippen LogP contribution in [0.15, 0.2) is 12.2 Å². The summed E-state index contributed by atoms with van der Waals surface area (Å²) in [5, 5.41) is 3.19. The molecule has 124 valence electrons. The van der Waals surface area contributed by atoms with E-state index < -0.39 is 0 Å². The zero-order valence-corrected chi connectivity index (χ0v) is 14.2. The van der Waals surface area contributed by atoms with Crippen LogP contribution in [0.3, 0.4) is 0 Å². The van der Waals surface area contributed by atoms with Crippen molar-refractivity contribution in [1.82, 2.24) is 5.32 Å². The van der Waals surface area contributed by atoms with Crippen molar-refractivity contribution in [2.75, 3.05) is 20.7 Å². The third kappa shape index (κ3) is 17.1. The summed E-state index contributed by atoms with van der Waals surface area (Å²) in [5.41, 5.74) is 0. The van der Waals surface area contributed by atoms with Crippen molar-refractivity contribution >= 4 is 5.97 Å². The Labute approximate surface area is 131 Å². The van der Waals surface area contributed by atoms with Gasteiger partial charge in [0.2, 0.25) is 0 Å². The molecule has 0 aliphatic rings. The third-order valence-electron chi connectivity index (χ3n) is 3.75. The smallest absolute Gasteiger partial charge is 0.330 e. The average Bonchev–Trinajstić information content (AvgIpc) is 2.50. The lowest BCUT2D eigenvalue weighted by molar-refractivity contribution is -0.134. The van der Waals surface area contributed by atoms with Crippen molar-refractivity contribution in [3.05, 3.63) is 12.2 Å². The van der Waals surface area contributed by atoms with Gasteiger partial charge in [-0.2, -0.15) is 0 Å². The maximum Gasteiger partial charge on any atom is 0.330 e. The predicted octanol–water partition coefficient (Wildman–Crippen LogP) is 4.62. The van der Waals surface area contributed by atoms with Gasteiger partial charge in [0, 0.05) is 6.08 Å². The topological polar surface area (TPSA) is 38.3 Å². The Bertz CT molecular complexity index is 252. The van der Waals surface area contributed by atoms with E-state index in [1.165, 1.54) is 83.8 Å². The summed E-state index contributed by atoms with van der Waals surface area (Å²) in [6.45, 7) is 1.16. The van der Waals surface area contributed by atoms with E-state index in [0.29, 0.717) is 0 Å². The fourth-order valence-electron chi connectivity index (χ4n) is 2.40. The second-order valence-electron chi connectivity index (χ2n) is 5.71. The Kier molecular flexibility index (Phi) is 16.5. The number of allylic oxidation sites excluding steroid dienone is 1. The summed E-state index contributed by atoms with van der Waals surface area (Å²) in [6.07, 6.45) is 19.3. The molecule has 0 aromatic rings. The van der Waals surface area contributed by atoms with Crippen LogP contribution in [0.4, 0.5) is 0 Å². The predicted molar refractivity (Wildman–Crippen MR) is 90.5 cm³/mol. The second kappa shape index (κ2) is 17.2. The molecule has 0 atom stereocenters. The number of rotatable bonds is 15. The molecule has 3 nitrogen and oxygen atoms in total. The lowest BCUT2D eigenvalue weighted by Crippen LogP contribution is -2.06. The van der Waals surface area contributed by atoms with Crippen molar-refractivity contribution in [3.63, 3.8) is 0 Å². The Morgan fingerprint density at radius 3 is 1.81 bits per heavy atom. The first-order valence-electron chi connectivity index (χ1n) is 8.70. The molecule has 0 rings (SSSR count). The van der Waals surface area contributed by atoms with E-state index in [1.54, 1.807) is 0 Å². The molecule has 0 saturated carbocycles. The molecule has 21 heavy (non-hydrogen) atoms. The minimum absolute atomic E-state index is 0.249. The molecule has 0 aromatic heterocycles. The first-order chi connectivity index (χ1) is 10.3. The van der Waals surface area contributed by atoms with Crippen LogP contribution in [0.5, 0.6) is 0 Å². The number of hydrogen-bond donors (Lipinski definition) is 1. The highest BCUT2D eigenvalue weighted by molar-refractivity contribution is 5.81. The first kappa shape index (κ1) is 20.2. The van der Waals surface area contributed by atoms with Gasteiger partial charge in [0.05, 0.1) is 7.11 Å². The number of carbonyl (C=O) groups is 1. The van der Waals surface area contributed by atoms with Crippen molar-refractivity contribution in [2.24, 2.45) is 0 Å². The molecule has 0 fully saturated rings. The van der Waals surface area contributed by atoms with E-state index in [0.717, 1.165) is 13.0 Å². The highest BCUT2D eigenvalue weighted by Crippen LogP contribution is 2.12. The standard InChI is InChI=1S/C18H35NO2/c1-19-17-15-13-11-9-7-5-3-4-6-8-10-12-14-16-18(20)21-2/h14,16,19H,3-13,15,17H2,1-2H3. The molecule has 0 saturated heterocycles. The Balaban J connectivity index is 3.06. The molecular weight excluding hydrogens is 262 g/mol. The van der Waals surface area contributed by atoms with Crippen LogP contribution < -0.4 is 5.32 Å². The molecule has 0 radical (unpaired) electrons. The Morgan fingerprint density at radius 2 is 1.33 bits per heavy atom. The van der Waals surface area contributed by atoms with Crippen LogP contribution in [-0.2, 0) is 9.53 Å². The number of carbonyl (C=O) groups excluding carboxylic acids is 1. The van der Waals surface area contributed by atoms with E-state index in [2.05, 4.69) is 10.1 Å². The van der Waals surface area contributed by atoms with Crippen LogP contribution in [0.25, 0.3) is 0 Å². The lowest BCUT2D eigenvalue weighted by atomic mass is 10.1. The maximum atomic E-state index is 10.8. The van der Waals surface area contributed by atoms with Crippen molar-refractivity contribution in [2.45, 2.75) is 77.0 Å². The molecule has 0 heterocycles. The molecule has 0 unspecified atom stereocenters. The average molecular weight is 297 g/mol. The lowest BCUT2D eigenvalue weighted by Gasteiger charge is -2.02. The van der Waals surface area contributed by atoms with Gasteiger partial charge in [-0.05, 0) is 32.9 Å². The number of nitrogens with one attached hydrogen (secondary N) is 1. The zero-order valence-electron chi connectivity index (χ0n) is 14.2. The van der Waals surface area contributed by atoms with Gasteiger partial charge in [-0.3, -0.25) is 0 Å². The summed E-state index contributed by atoms with van der Waals surface area (Å²) in [7, 11) is 3.44. The number of unbranched alkanes of at least 4 members (excludes halogenated alkanes) is 11. The van der Waals surface area contributed by atoms with Gasteiger partial charge >= 0.3 is 5.97 Å². The summed E-state index contributed by atoms with van der Waals surface area (Å²) in [4.78, 5) is 10.8. The summed E-state index contributed by atoms with van der Waals surface area (Å²) in [6, 6.07) is 0. The van der Waals surface area contributed by atoms with Gasteiger partial charge in [0.25, 0.3) is 0 Å². The Morgan fingerprint density at radius 1 is 0.857 bits per heavy atom. The normalized spacial score (nSPS) is 11.1. The van der Waals surface area contributed by atoms with E-state index >= 15 is 0 Å². The quantitative estimate of drug-likeness (QED) is 0.272. The molecule has 0 aliphatic carbocycles. The number of methoxy groups -OCH3 is 1. The second-order valence-corrected chi connectivity index (χ2v) is 5.71. The van der Waals surface area contributed by atoms with Crippen LogP contribution in [0.1, 0.15) is 77.0 Å². The number of hydrogen-bond acceptors (Lipinski definition) is 3. The van der Waals surface area contributed by atoms with Gasteiger partial charge in [0.15, 0.2) is 0 Å². The van der Waals surface area contributed by atoms with Gasteiger partial charge in [-0.25, -0.2) is 4.79 Å². The van der Waals surface area contributed by atoms with E-state index in [9.17, 15) is 4.79 Å². The van der Waals surface area contributed by atoms with Crippen molar-refractivity contribution < 1.29 is 9.53 Å². The SMILES string of the molecule is CNCCCCCCCCCCCCCC=CC(=O)OC. The molecule has 0 amide bonds. The molecule has 0 spiro atoms. The van der Waals surface area contributed by atoms with Gasteiger partial charge in [0.1, 0.15) is 0 Å². The minimum atomic E-state index is -0.249. The molecule has 0 aromatic carbocycles. The van der Waals surface area contributed by atoms with Gasteiger partial charge in [-0.15, -0.1) is 0 Å². The Hall–Kier alpha value is -0.830. The zero-order chi connectivity index (χ0) is 15.6. The number of esters is 1. The molecule has 3 heteroatoms. The minimum Gasteiger partial charge on any atom is -0.466 e. The van der Waals surface area contributed by atoms with Crippen LogP contribution in [-0.4, -0.2) is 26.7 Å². The van der Waals surface area contributed by atoms with E-state index in [4.69, 9.17) is 0 Å². The molecule has 0 bridgehead atoms. The van der Waals surface area contributed by atoms with Crippen molar-refractivity contribution in [1.29, 1.82) is 0 Å².